The Morgan fingerprint density at radius 1 is 1.64 bits per heavy atom. The molecule has 1 saturated heterocycles. The van der Waals surface area contributed by atoms with E-state index < -0.39 is 0 Å². The Bertz CT molecular complexity index is 237. The molecular weight excluding hydrogens is 144 g/mol. The van der Waals surface area contributed by atoms with E-state index in [4.69, 9.17) is 13.9 Å². The lowest BCUT2D eigenvalue weighted by Gasteiger charge is -1.91. The van der Waals surface area contributed by atoms with Crippen molar-refractivity contribution in [1.29, 1.82) is 0 Å². The van der Waals surface area contributed by atoms with Gasteiger partial charge in [0.05, 0.1) is 6.61 Å². The van der Waals surface area contributed by atoms with Crippen LogP contribution in [0.3, 0.4) is 0 Å². The lowest BCUT2D eigenvalue weighted by molar-refractivity contribution is 0.161. The van der Waals surface area contributed by atoms with Crippen LogP contribution < -0.4 is 0 Å². The van der Waals surface area contributed by atoms with Crippen LogP contribution >= 0.6 is 0 Å². The van der Waals surface area contributed by atoms with Gasteiger partial charge >= 0.3 is 0 Å². The summed E-state index contributed by atoms with van der Waals surface area (Å²) in [5.41, 5.74) is 0. The second-order valence-corrected chi connectivity index (χ2v) is 2.56. The van der Waals surface area contributed by atoms with Gasteiger partial charge in [-0.1, -0.05) is 0 Å². The van der Waals surface area contributed by atoms with Gasteiger partial charge in [-0.05, 0) is 12.1 Å². The summed E-state index contributed by atoms with van der Waals surface area (Å²) in [6.45, 7) is 1.33. The third-order valence-corrected chi connectivity index (χ3v) is 1.62. The van der Waals surface area contributed by atoms with E-state index in [1.807, 2.05) is 12.1 Å². The maximum absolute atomic E-state index is 5.40. The van der Waals surface area contributed by atoms with Gasteiger partial charge in [0.15, 0.2) is 0 Å². The number of ether oxygens (including phenoxy) is 2. The molecule has 0 N–H and O–H groups in total. The fourth-order valence-electron chi connectivity index (χ4n) is 1.000. The van der Waals surface area contributed by atoms with Gasteiger partial charge in [0.2, 0.25) is 0 Å². The normalized spacial score (nSPS) is 22.1. The van der Waals surface area contributed by atoms with Gasteiger partial charge < -0.3 is 13.9 Å². The number of furan rings is 1. The average molecular weight is 154 g/mol. The predicted octanol–water partition coefficient (Wildman–Crippen LogP) is 1.50. The Labute approximate surface area is 64.9 Å². The molecule has 0 saturated carbocycles. The number of epoxide rings is 1. The average Bonchev–Trinajstić information content (AvgIpc) is 2.75. The summed E-state index contributed by atoms with van der Waals surface area (Å²) < 4.78 is 15.4. The SMILES string of the molecule is COCc1ccc(C2CO2)o1. The summed E-state index contributed by atoms with van der Waals surface area (Å²) in [5.74, 6) is 1.77. The predicted molar refractivity (Wildman–Crippen MR) is 38.1 cm³/mol. The van der Waals surface area contributed by atoms with Gasteiger partial charge in [-0.25, -0.2) is 0 Å². The van der Waals surface area contributed by atoms with E-state index in [0.29, 0.717) is 6.61 Å². The van der Waals surface area contributed by atoms with Crippen molar-refractivity contribution in [3.63, 3.8) is 0 Å². The van der Waals surface area contributed by atoms with Gasteiger partial charge in [0, 0.05) is 7.11 Å². The molecular formula is C8H10O3. The van der Waals surface area contributed by atoms with Gasteiger partial charge in [0.25, 0.3) is 0 Å². The van der Waals surface area contributed by atoms with E-state index >= 15 is 0 Å². The van der Waals surface area contributed by atoms with Crippen molar-refractivity contribution >= 4 is 0 Å². The molecule has 3 heteroatoms. The molecule has 1 aliphatic rings. The molecule has 0 aromatic carbocycles. The summed E-state index contributed by atoms with van der Waals surface area (Å²) in [6, 6.07) is 3.85. The first-order valence-electron chi connectivity index (χ1n) is 3.59. The summed E-state index contributed by atoms with van der Waals surface area (Å²) in [6.07, 6.45) is 0.209. The van der Waals surface area contributed by atoms with Crippen molar-refractivity contribution in [3.8, 4) is 0 Å². The number of hydrogen-bond acceptors (Lipinski definition) is 3. The van der Waals surface area contributed by atoms with Crippen molar-refractivity contribution < 1.29 is 13.9 Å². The van der Waals surface area contributed by atoms with Crippen LogP contribution in [0.1, 0.15) is 17.6 Å². The fourth-order valence-corrected chi connectivity index (χ4v) is 1.000. The van der Waals surface area contributed by atoms with Gasteiger partial charge in [-0.3, -0.25) is 0 Å². The molecule has 1 aromatic rings. The van der Waals surface area contributed by atoms with Crippen LogP contribution in [0.4, 0.5) is 0 Å². The topological polar surface area (TPSA) is 34.9 Å². The number of methoxy groups -OCH3 is 1. The minimum atomic E-state index is 0.209. The van der Waals surface area contributed by atoms with Crippen LogP contribution in [0, 0.1) is 0 Å². The molecule has 0 bridgehead atoms. The lowest BCUT2D eigenvalue weighted by atomic mass is 10.3. The highest BCUT2D eigenvalue weighted by Crippen LogP contribution is 2.30. The third kappa shape index (κ3) is 1.44. The zero-order valence-corrected chi connectivity index (χ0v) is 6.37. The van der Waals surface area contributed by atoms with E-state index in [-0.39, 0.29) is 6.10 Å². The van der Waals surface area contributed by atoms with Crippen molar-refractivity contribution in [1.82, 2.24) is 0 Å². The third-order valence-electron chi connectivity index (χ3n) is 1.62. The van der Waals surface area contributed by atoms with Crippen LogP contribution in [0.15, 0.2) is 16.5 Å². The molecule has 3 nitrogen and oxygen atoms in total. The molecule has 0 aliphatic carbocycles. The first-order valence-corrected chi connectivity index (χ1v) is 3.59. The monoisotopic (exact) mass is 154 g/mol. The van der Waals surface area contributed by atoms with E-state index in [1.54, 1.807) is 7.11 Å². The van der Waals surface area contributed by atoms with E-state index in [1.165, 1.54) is 0 Å². The quantitative estimate of drug-likeness (QED) is 0.619. The summed E-state index contributed by atoms with van der Waals surface area (Å²) in [5, 5.41) is 0. The summed E-state index contributed by atoms with van der Waals surface area (Å²) in [7, 11) is 1.65. The smallest absolute Gasteiger partial charge is 0.138 e. The number of hydrogen-bond donors (Lipinski definition) is 0. The molecule has 0 radical (unpaired) electrons. The Morgan fingerprint density at radius 3 is 3.09 bits per heavy atom. The van der Waals surface area contributed by atoms with Crippen LogP contribution in [-0.4, -0.2) is 13.7 Å². The zero-order chi connectivity index (χ0) is 7.68. The van der Waals surface area contributed by atoms with Crippen molar-refractivity contribution in [2.24, 2.45) is 0 Å². The Morgan fingerprint density at radius 2 is 2.45 bits per heavy atom. The molecule has 2 rings (SSSR count). The second kappa shape index (κ2) is 2.68. The maximum atomic E-state index is 5.40. The Balaban J connectivity index is 2.06. The molecule has 1 fully saturated rings. The maximum Gasteiger partial charge on any atom is 0.138 e. The first-order chi connectivity index (χ1) is 5.40. The van der Waals surface area contributed by atoms with Crippen LogP contribution in [0.25, 0.3) is 0 Å². The van der Waals surface area contributed by atoms with Crippen LogP contribution in [-0.2, 0) is 16.1 Å². The highest BCUT2D eigenvalue weighted by Gasteiger charge is 2.27. The highest BCUT2D eigenvalue weighted by atomic mass is 16.6. The zero-order valence-electron chi connectivity index (χ0n) is 6.37. The number of rotatable bonds is 3. The van der Waals surface area contributed by atoms with Crippen molar-refractivity contribution in [2.45, 2.75) is 12.7 Å². The minimum absolute atomic E-state index is 0.209. The molecule has 1 aliphatic heterocycles. The van der Waals surface area contributed by atoms with E-state index in [2.05, 4.69) is 0 Å². The van der Waals surface area contributed by atoms with E-state index in [9.17, 15) is 0 Å². The Hall–Kier alpha value is -0.800. The van der Waals surface area contributed by atoms with Crippen LogP contribution in [0.2, 0.25) is 0 Å². The molecule has 11 heavy (non-hydrogen) atoms. The fraction of sp³-hybridized carbons (Fsp3) is 0.500. The van der Waals surface area contributed by atoms with Gasteiger partial charge in [0.1, 0.15) is 24.2 Å². The molecule has 0 spiro atoms. The van der Waals surface area contributed by atoms with E-state index in [0.717, 1.165) is 18.1 Å². The highest BCUT2D eigenvalue weighted by molar-refractivity contribution is 5.11. The lowest BCUT2D eigenvalue weighted by Crippen LogP contribution is -1.82. The standard InChI is InChI=1S/C8H10O3/c1-9-4-6-2-3-7(11-6)8-5-10-8/h2-3,8H,4-5H2,1H3. The van der Waals surface area contributed by atoms with Crippen LogP contribution in [0.5, 0.6) is 0 Å². The molecule has 2 heterocycles. The van der Waals surface area contributed by atoms with Crippen molar-refractivity contribution in [2.75, 3.05) is 13.7 Å². The first kappa shape index (κ1) is 6.88. The Kier molecular flexibility index (Phi) is 1.68. The summed E-state index contributed by atoms with van der Waals surface area (Å²) >= 11 is 0. The summed E-state index contributed by atoms with van der Waals surface area (Å²) in [4.78, 5) is 0. The molecule has 1 atom stereocenters. The van der Waals surface area contributed by atoms with Gasteiger partial charge in [-0.2, -0.15) is 0 Å². The molecule has 0 amide bonds. The van der Waals surface area contributed by atoms with Gasteiger partial charge in [-0.15, -0.1) is 0 Å². The molecule has 1 aromatic heterocycles. The molecule has 60 valence electrons. The second-order valence-electron chi connectivity index (χ2n) is 2.56. The molecule has 1 unspecified atom stereocenters. The largest absolute Gasteiger partial charge is 0.461 e. The van der Waals surface area contributed by atoms with Crippen molar-refractivity contribution in [3.05, 3.63) is 23.7 Å². The minimum Gasteiger partial charge on any atom is -0.461 e.